The number of hydrogen-bond acceptors (Lipinski definition) is 2. The van der Waals surface area contributed by atoms with Crippen LogP contribution in [0.25, 0.3) is 0 Å². The van der Waals surface area contributed by atoms with Gasteiger partial charge in [-0.2, -0.15) is 0 Å². The molecule has 0 spiro atoms. The van der Waals surface area contributed by atoms with Crippen molar-refractivity contribution < 1.29 is 13.9 Å². The lowest BCUT2D eigenvalue weighted by molar-refractivity contribution is 0.102. The minimum atomic E-state index is -0.614. The summed E-state index contributed by atoms with van der Waals surface area (Å²) in [5.41, 5.74) is 2.61. The maximum atomic E-state index is 13.9. The predicted molar refractivity (Wildman–Crippen MR) is 84.5 cm³/mol. The van der Waals surface area contributed by atoms with Gasteiger partial charge in [-0.15, -0.1) is 0 Å². The molecule has 0 bridgehead atoms. The molecule has 0 aliphatic heterocycles. The van der Waals surface area contributed by atoms with Crippen molar-refractivity contribution in [1.82, 2.24) is 0 Å². The number of carbonyl (C=O) groups excluding carboxylic acids is 1. The highest BCUT2D eigenvalue weighted by Crippen LogP contribution is 2.25. The van der Waals surface area contributed by atoms with Gasteiger partial charge in [-0.25, -0.2) is 4.39 Å². The lowest BCUT2D eigenvalue weighted by atomic mass is 10.1. The van der Waals surface area contributed by atoms with E-state index in [0.717, 1.165) is 15.6 Å². The number of rotatable bonds is 3. The predicted octanol–water partition coefficient (Wildman–Crippen LogP) is 4.47. The van der Waals surface area contributed by atoms with Gasteiger partial charge in [0.25, 0.3) is 5.91 Å². The average molecular weight is 352 g/mol. The molecule has 0 saturated heterocycles. The van der Waals surface area contributed by atoms with E-state index in [1.807, 2.05) is 26.0 Å². The Bertz CT molecular complexity index is 678. The molecule has 0 aliphatic carbocycles. The monoisotopic (exact) mass is 351 g/mol. The highest BCUT2D eigenvalue weighted by atomic mass is 79.9. The first-order valence-electron chi connectivity index (χ1n) is 6.34. The quantitative estimate of drug-likeness (QED) is 0.885. The van der Waals surface area contributed by atoms with Gasteiger partial charge in [0.05, 0.1) is 12.7 Å². The van der Waals surface area contributed by atoms with Gasteiger partial charge in [-0.1, -0.05) is 15.9 Å². The third-order valence-electron chi connectivity index (χ3n) is 3.12. The lowest BCUT2D eigenvalue weighted by Crippen LogP contribution is -2.14. The number of aryl methyl sites for hydroxylation is 2. The standard InChI is InChI=1S/C16H15BrFNO2/c1-9-6-11(7-10(2)15(9)17)19-16(20)13-5-4-12(21-3)8-14(13)18/h4-8H,1-3H3,(H,19,20). The molecule has 0 aliphatic rings. The molecular weight excluding hydrogens is 337 g/mol. The van der Waals surface area contributed by atoms with E-state index in [-0.39, 0.29) is 5.56 Å². The summed E-state index contributed by atoms with van der Waals surface area (Å²) in [5.74, 6) is -0.729. The Morgan fingerprint density at radius 1 is 1.19 bits per heavy atom. The van der Waals surface area contributed by atoms with Crippen LogP contribution in [0.5, 0.6) is 5.75 Å². The second-order valence-electron chi connectivity index (χ2n) is 4.72. The van der Waals surface area contributed by atoms with Crippen molar-refractivity contribution in [2.24, 2.45) is 0 Å². The summed E-state index contributed by atoms with van der Waals surface area (Å²) in [6.07, 6.45) is 0. The van der Waals surface area contributed by atoms with Crippen molar-refractivity contribution in [1.29, 1.82) is 0 Å². The first-order chi connectivity index (χ1) is 9.92. The molecule has 2 rings (SSSR count). The van der Waals surface area contributed by atoms with Crippen molar-refractivity contribution >= 4 is 27.5 Å². The number of nitrogens with one attached hydrogen (secondary N) is 1. The number of amides is 1. The third kappa shape index (κ3) is 3.42. The highest BCUT2D eigenvalue weighted by molar-refractivity contribution is 9.10. The molecule has 110 valence electrons. The zero-order chi connectivity index (χ0) is 15.6. The summed E-state index contributed by atoms with van der Waals surface area (Å²) in [6.45, 7) is 3.86. The summed E-state index contributed by atoms with van der Waals surface area (Å²) in [5, 5.41) is 2.70. The Balaban J connectivity index is 2.26. The molecule has 2 aromatic carbocycles. The number of halogens is 2. The van der Waals surface area contributed by atoms with Crippen LogP contribution in [0.3, 0.4) is 0 Å². The van der Waals surface area contributed by atoms with Crippen LogP contribution in [0.4, 0.5) is 10.1 Å². The van der Waals surface area contributed by atoms with Gasteiger partial charge in [0.15, 0.2) is 0 Å². The smallest absolute Gasteiger partial charge is 0.258 e. The number of methoxy groups -OCH3 is 1. The molecule has 3 nitrogen and oxygen atoms in total. The van der Waals surface area contributed by atoms with Crippen LogP contribution in [-0.2, 0) is 0 Å². The SMILES string of the molecule is COc1ccc(C(=O)Nc2cc(C)c(Br)c(C)c2)c(F)c1. The maximum Gasteiger partial charge on any atom is 0.258 e. The molecule has 0 unspecified atom stereocenters. The second-order valence-corrected chi connectivity index (χ2v) is 5.52. The molecule has 0 aromatic heterocycles. The minimum Gasteiger partial charge on any atom is -0.497 e. The third-order valence-corrected chi connectivity index (χ3v) is 4.37. The van der Waals surface area contributed by atoms with E-state index in [0.29, 0.717) is 11.4 Å². The molecular formula is C16H15BrFNO2. The van der Waals surface area contributed by atoms with Gasteiger partial charge in [0.2, 0.25) is 0 Å². The van der Waals surface area contributed by atoms with Crippen molar-refractivity contribution in [3.63, 3.8) is 0 Å². The molecule has 0 heterocycles. The van der Waals surface area contributed by atoms with Crippen molar-refractivity contribution in [2.75, 3.05) is 12.4 Å². The van der Waals surface area contributed by atoms with Crippen molar-refractivity contribution in [3.8, 4) is 5.75 Å². The van der Waals surface area contributed by atoms with E-state index in [1.54, 1.807) is 6.07 Å². The zero-order valence-corrected chi connectivity index (χ0v) is 13.5. The van der Waals surface area contributed by atoms with Gasteiger partial charge in [0, 0.05) is 16.2 Å². The summed E-state index contributed by atoms with van der Waals surface area (Å²) in [6, 6.07) is 7.80. The average Bonchev–Trinajstić information content (AvgIpc) is 2.44. The first-order valence-corrected chi connectivity index (χ1v) is 7.13. The van der Waals surface area contributed by atoms with E-state index >= 15 is 0 Å². The fourth-order valence-corrected chi connectivity index (χ4v) is 2.25. The van der Waals surface area contributed by atoms with Crippen LogP contribution < -0.4 is 10.1 Å². The Labute approximate surface area is 131 Å². The number of anilines is 1. The van der Waals surface area contributed by atoms with Crippen LogP contribution in [0.15, 0.2) is 34.8 Å². The highest BCUT2D eigenvalue weighted by Gasteiger charge is 2.13. The van der Waals surface area contributed by atoms with Crippen molar-refractivity contribution in [2.45, 2.75) is 13.8 Å². The van der Waals surface area contributed by atoms with Gasteiger partial charge in [-0.05, 0) is 49.2 Å². The Kier molecular flexibility index (Phi) is 4.63. The molecule has 1 N–H and O–H groups in total. The summed E-state index contributed by atoms with van der Waals surface area (Å²) in [4.78, 5) is 12.1. The Morgan fingerprint density at radius 2 is 1.81 bits per heavy atom. The number of hydrogen-bond donors (Lipinski definition) is 1. The van der Waals surface area contributed by atoms with Gasteiger partial charge < -0.3 is 10.1 Å². The Morgan fingerprint density at radius 3 is 2.33 bits per heavy atom. The van der Waals surface area contributed by atoms with Gasteiger partial charge >= 0.3 is 0 Å². The van der Waals surface area contributed by atoms with E-state index in [4.69, 9.17) is 4.74 Å². The molecule has 0 radical (unpaired) electrons. The number of ether oxygens (including phenoxy) is 1. The minimum absolute atomic E-state index is 0.0194. The van der Waals surface area contributed by atoms with E-state index in [9.17, 15) is 9.18 Å². The first kappa shape index (κ1) is 15.5. The molecule has 21 heavy (non-hydrogen) atoms. The largest absolute Gasteiger partial charge is 0.497 e. The molecule has 0 fully saturated rings. The molecule has 1 amide bonds. The van der Waals surface area contributed by atoms with E-state index in [2.05, 4.69) is 21.2 Å². The summed E-state index contributed by atoms with van der Waals surface area (Å²) < 4.78 is 19.8. The lowest BCUT2D eigenvalue weighted by Gasteiger charge is -2.10. The molecule has 5 heteroatoms. The zero-order valence-electron chi connectivity index (χ0n) is 12.0. The topological polar surface area (TPSA) is 38.3 Å². The summed E-state index contributed by atoms with van der Waals surface area (Å²) >= 11 is 3.47. The van der Waals surface area contributed by atoms with Crippen LogP contribution in [0.1, 0.15) is 21.5 Å². The number of benzene rings is 2. The van der Waals surface area contributed by atoms with Crippen LogP contribution in [-0.4, -0.2) is 13.0 Å². The maximum absolute atomic E-state index is 13.9. The fourth-order valence-electron chi connectivity index (χ4n) is 2.02. The normalized spacial score (nSPS) is 10.3. The van der Waals surface area contributed by atoms with Gasteiger partial charge in [0.1, 0.15) is 11.6 Å². The molecule has 0 saturated carbocycles. The van der Waals surface area contributed by atoms with Gasteiger partial charge in [-0.3, -0.25) is 4.79 Å². The molecule has 0 atom stereocenters. The van der Waals surface area contributed by atoms with E-state index < -0.39 is 11.7 Å². The van der Waals surface area contributed by atoms with Crippen LogP contribution in [0, 0.1) is 19.7 Å². The summed E-state index contributed by atoms with van der Waals surface area (Å²) in [7, 11) is 1.45. The number of carbonyl (C=O) groups is 1. The van der Waals surface area contributed by atoms with Crippen LogP contribution >= 0.6 is 15.9 Å². The fraction of sp³-hybridized carbons (Fsp3) is 0.188. The Hall–Kier alpha value is -1.88. The van der Waals surface area contributed by atoms with Crippen molar-refractivity contribution in [3.05, 3.63) is 57.3 Å². The van der Waals surface area contributed by atoms with E-state index in [1.165, 1.54) is 19.2 Å². The van der Waals surface area contributed by atoms with Crippen LogP contribution in [0.2, 0.25) is 0 Å². The second kappa shape index (κ2) is 6.26. The molecule has 2 aromatic rings.